The van der Waals surface area contributed by atoms with Crippen LogP contribution in [0.2, 0.25) is 0 Å². The van der Waals surface area contributed by atoms with E-state index in [4.69, 9.17) is 9.47 Å². The number of ether oxygens (including phenoxy) is 2. The topological polar surface area (TPSA) is 71.1 Å². The first-order chi connectivity index (χ1) is 14.5. The average molecular weight is 412 g/mol. The van der Waals surface area contributed by atoms with Gasteiger partial charge in [0.05, 0.1) is 19.2 Å². The lowest BCUT2D eigenvalue weighted by molar-refractivity contribution is -0.117. The quantitative estimate of drug-likeness (QED) is 0.673. The van der Waals surface area contributed by atoms with Crippen molar-refractivity contribution in [1.82, 2.24) is 9.80 Å². The standard InChI is InChI=1S/C23H29N3O4/c1-18-8-9-19(23(28)29-2)16-21(18)24-22(27)17-26-12-10-25(11-13-26)14-15-30-20-6-4-3-5-7-20/h3-9,16H,10-15,17H2,1-2H3,(H,24,27). The van der Waals surface area contributed by atoms with Gasteiger partial charge in [0.1, 0.15) is 12.4 Å². The van der Waals surface area contributed by atoms with Gasteiger partial charge in [-0.3, -0.25) is 14.6 Å². The molecule has 0 bridgehead atoms. The van der Waals surface area contributed by atoms with Gasteiger partial charge in [0.2, 0.25) is 5.91 Å². The van der Waals surface area contributed by atoms with Crippen molar-refractivity contribution < 1.29 is 19.1 Å². The molecule has 160 valence electrons. The number of anilines is 1. The maximum absolute atomic E-state index is 12.5. The fourth-order valence-corrected chi connectivity index (χ4v) is 3.37. The third kappa shape index (κ3) is 6.30. The number of carbonyl (C=O) groups excluding carboxylic acids is 2. The summed E-state index contributed by atoms with van der Waals surface area (Å²) in [4.78, 5) is 28.7. The molecule has 0 saturated carbocycles. The van der Waals surface area contributed by atoms with Crippen LogP contribution in [0, 0.1) is 6.92 Å². The van der Waals surface area contributed by atoms with E-state index in [0.29, 0.717) is 24.4 Å². The first-order valence-electron chi connectivity index (χ1n) is 10.2. The van der Waals surface area contributed by atoms with E-state index in [1.807, 2.05) is 37.3 Å². The molecule has 3 rings (SSSR count). The summed E-state index contributed by atoms with van der Waals surface area (Å²) in [7, 11) is 1.34. The number of benzene rings is 2. The molecule has 0 atom stereocenters. The number of methoxy groups -OCH3 is 1. The number of rotatable bonds is 8. The second-order valence-corrected chi connectivity index (χ2v) is 7.35. The van der Waals surface area contributed by atoms with Gasteiger partial charge in [-0.1, -0.05) is 24.3 Å². The highest BCUT2D eigenvalue weighted by Gasteiger charge is 2.19. The first-order valence-corrected chi connectivity index (χ1v) is 10.2. The monoisotopic (exact) mass is 411 g/mol. The van der Waals surface area contributed by atoms with Gasteiger partial charge in [0.15, 0.2) is 0 Å². The van der Waals surface area contributed by atoms with E-state index in [2.05, 4.69) is 15.1 Å². The van der Waals surface area contributed by atoms with Crippen LogP contribution in [0.15, 0.2) is 48.5 Å². The average Bonchev–Trinajstić information content (AvgIpc) is 2.76. The van der Waals surface area contributed by atoms with Gasteiger partial charge in [-0.15, -0.1) is 0 Å². The Morgan fingerprint density at radius 3 is 2.40 bits per heavy atom. The largest absolute Gasteiger partial charge is 0.492 e. The molecule has 1 aliphatic rings. The van der Waals surface area contributed by atoms with Crippen molar-refractivity contribution in [2.24, 2.45) is 0 Å². The molecule has 0 aromatic heterocycles. The Balaban J connectivity index is 1.40. The number of carbonyl (C=O) groups is 2. The predicted molar refractivity (Wildman–Crippen MR) is 116 cm³/mol. The number of nitrogens with one attached hydrogen (secondary N) is 1. The number of amides is 1. The van der Waals surface area contributed by atoms with Crippen LogP contribution in [0.4, 0.5) is 5.69 Å². The zero-order valence-corrected chi connectivity index (χ0v) is 17.6. The number of piperazine rings is 1. The summed E-state index contributed by atoms with van der Waals surface area (Å²) in [5, 5.41) is 2.92. The van der Waals surface area contributed by atoms with Gasteiger partial charge in [-0.25, -0.2) is 4.79 Å². The minimum absolute atomic E-state index is 0.0824. The first kappa shape index (κ1) is 21.8. The number of hydrogen-bond donors (Lipinski definition) is 1. The molecule has 0 radical (unpaired) electrons. The van der Waals surface area contributed by atoms with E-state index in [0.717, 1.165) is 44.0 Å². The highest BCUT2D eigenvalue weighted by atomic mass is 16.5. The second-order valence-electron chi connectivity index (χ2n) is 7.35. The Bertz CT molecular complexity index is 849. The van der Waals surface area contributed by atoms with Crippen molar-refractivity contribution in [3.05, 3.63) is 59.7 Å². The summed E-state index contributed by atoms with van der Waals surface area (Å²) in [6.07, 6.45) is 0. The molecule has 7 nitrogen and oxygen atoms in total. The zero-order valence-electron chi connectivity index (χ0n) is 17.6. The van der Waals surface area contributed by atoms with E-state index < -0.39 is 5.97 Å². The Morgan fingerprint density at radius 2 is 1.70 bits per heavy atom. The molecule has 0 aliphatic carbocycles. The SMILES string of the molecule is COC(=O)c1ccc(C)c(NC(=O)CN2CCN(CCOc3ccccc3)CC2)c1. The predicted octanol–water partition coefficient (Wildman–Crippen LogP) is 2.42. The van der Waals surface area contributed by atoms with E-state index in [9.17, 15) is 9.59 Å². The molecule has 2 aromatic carbocycles. The lowest BCUT2D eigenvalue weighted by Gasteiger charge is -2.34. The Labute approximate surface area is 177 Å². The van der Waals surface area contributed by atoms with Crippen LogP contribution >= 0.6 is 0 Å². The van der Waals surface area contributed by atoms with Gasteiger partial charge < -0.3 is 14.8 Å². The molecule has 1 amide bonds. The molecule has 0 unspecified atom stereocenters. The summed E-state index contributed by atoms with van der Waals surface area (Å²) in [5.41, 5.74) is 1.96. The van der Waals surface area contributed by atoms with Crippen LogP contribution in [0.1, 0.15) is 15.9 Å². The minimum Gasteiger partial charge on any atom is -0.492 e. The Morgan fingerprint density at radius 1 is 1.00 bits per heavy atom. The summed E-state index contributed by atoms with van der Waals surface area (Å²) in [6.45, 7) is 7.22. The molecule has 1 N–H and O–H groups in total. The van der Waals surface area contributed by atoms with Crippen LogP contribution in [0.5, 0.6) is 5.75 Å². The van der Waals surface area contributed by atoms with Gasteiger partial charge in [0, 0.05) is 38.4 Å². The van der Waals surface area contributed by atoms with Crippen molar-refractivity contribution in [1.29, 1.82) is 0 Å². The molecule has 7 heteroatoms. The van der Waals surface area contributed by atoms with Gasteiger partial charge in [-0.2, -0.15) is 0 Å². The lowest BCUT2D eigenvalue weighted by atomic mass is 10.1. The van der Waals surface area contributed by atoms with Crippen molar-refractivity contribution in [2.45, 2.75) is 6.92 Å². The minimum atomic E-state index is -0.419. The number of hydrogen-bond acceptors (Lipinski definition) is 6. The molecule has 30 heavy (non-hydrogen) atoms. The van der Waals surface area contributed by atoms with E-state index >= 15 is 0 Å². The third-order valence-corrected chi connectivity index (χ3v) is 5.18. The summed E-state index contributed by atoms with van der Waals surface area (Å²) < 4.78 is 10.5. The van der Waals surface area contributed by atoms with E-state index in [-0.39, 0.29) is 5.91 Å². The molecule has 0 spiro atoms. The molecular formula is C23H29N3O4. The van der Waals surface area contributed by atoms with Crippen molar-refractivity contribution in [2.75, 3.05) is 58.3 Å². The smallest absolute Gasteiger partial charge is 0.337 e. The second kappa shape index (κ2) is 10.8. The Hall–Kier alpha value is -2.90. The van der Waals surface area contributed by atoms with Crippen LogP contribution in [0.25, 0.3) is 0 Å². The maximum Gasteiger partial charge on any atom is 0.337 e. The molecule has 1 aliphatic heterocycles. The summed E-state index contributed by atoms with van der Waals surface area (Å²) in [6, 6.07) is 15.0. The fraction of sp³-hybridized carbons (Fsp3) is 0.391. The van der Waals surface area contributed by atoms with Crippen LogP contribution in [-0.2, 0) is 9.53 Å². The van der Waals surface area contributed by atoms with Gasteiger partial charge in [-0.05, 0) is 36.8 Å². The highest BCUT2D eigenvalue weighted by molar-refractivity contribution is 5.96. The molecule has 1 fully saturated rings. The van der Waals surface area contributed by atoms with Gasteiger partial charge in [0.25, 0.3) is 0 Å². The van der Waals surface area contributed by atoms with E-state index in [1.165, 1.54) is 7.11 Å². The number of esters is 1. The third-order valence-electron chi connectivity index (χ3n) is 5.18. The highest BCUT2D eigenvalue weighted by Crippen LogP contribution is 2.18. The number of nitrogens with zero attached hydrogens (tertiary/aromatic N) is 2. The molecule has 2 aromatic rings. The molecule has 1 saturated heterocycles. The van der Waals surface area contributed by atoms with Crippen molar-refractivity contribution in [3.63, 3.8) is 0 Å². The van der Waals surface area contributed by atoms with Crippen LogP contribution in [-0.4, -0.2) is 74.7 Å². The van der Waals surface area contributed by atoms with Crippen molar-refractivity contribution in [3.8, 4) is 5.75 Å². The molecular weight excluding hydrogens is 382 g/mol. The zero-order chi connectivity index (χ0) is 21.3. The summed E-state index contributed by atoms with van der Waals surface area (Å²) >= 11 is 0. The maximum atomic E-state index is 12.5. The number of para-hydroxylation sites is 1. The van der Waals surface area contributed by atoms with Crippen molar-refractivity contribution >= 4 is 17.6 Å². The fourth-order valence-electron chi connectivity index (χ4n) is 3.37. The number of aryl methyl sites for hydroxylation is 1. The van der Waals surface area contributed by atoms with E-state index in [1.54, 1.807) is 18.2 Å². The van der Waals surface area contributed by atoms with Gasteiger partial charge >= 0.3 is 5.97 Å². The Kier molecular flexibility index (Phi) is 7.82. The van der Waals surface area contributed by atoms with Crippen LogP contribution in [0.3, 0.4) is 0 Å². The lowest BCUT2D eigenvalue weighted by Crippen LogP contribution is -2.49. The summed E-state index contributed by atoms with van der Waals surface area (Å²) in [5.74, 6) is 0.387. The normalized spacial score (nSPS) is 14.9. The van der Waals surface area contributed by atoms with Crippen LogP contribution < -0.4 is 10.1 Å². The molecule has 1 heterocycles.